The summed E-state index contributed by atoms with van der Waals surface area (Å²) in [5.74, 6) is -0.803. The summed E-state index contributed by atoms with van der Waals surface area (Å²) >= 11 is 0. The molecule has 0 aromatic heterocycles. The van der Waals surface area contributed by atoms with Crippen LogP contribution in [0.2, 0.25) is 0 Å². The number of carbonyl (C=O) groups is 1. The van der Waals surface area contributed by atoms with Crippen LogP contribution in [-0.4, -0.2) is 32.2 Å². The summed E-state index contributed by atoms with van der Waals surface area (Å²) in [4.78, 5) is 12.8. The largest absolute Gasteiger partial charge is 0.329 e. The number of hydrogen-bond acceptors (Lipinski definition) is 6. The van der Waals surface area contributed by atoms with Gasteiger partial charge in [-0.05, 0) is 13.8 Å². The standard InChI is InChI=1S/C18H20N2O4S/c1-13-3-7-15(8-4-13)17(20-24-25(22,23)12-11-19)18(21)16-9-5-14(2)6-10-16/h3-10H,11-12,19H2,1-2H3. The second-order valence-electron chi connectivity index (χ2n) is 5.63. The number of aryl methyl sites for hydroxylation is 2. The van der Waals surface area contributed by atoms with E-state index in [0.29, 0.717) is 11.1 Å². The molecular weight excluding hydrogens is 340 g/mol. The minimum atomic E-state index is -3.93. The molecule has 7 heteroatoms. The zero-order valence-corrected chi connectivity index (χ0v) is 14.9. The fourth-order valence-corrected chi connectivity index (χ4v) is 2.61. The van der Waals surface area contributed by atoms with Crippen LogP contribution in [0, 0.1) is 13.8 Å². The molecule has 0 saturated carbocycles. The summed E-state index contributed by atoms with van der Waals surface area (Å²) in [6.45, 7) is 3.72. The summed E-state index contributed by atoms with van der Waals surface area (Å²) < 4.78 is 28.0. The van der Waals surface area contributed by atoms with Gasteiger partial charge in [-0.15, -0.1) is 0 Å². The Hall–Kier alpha value is -2.51. The van der Waals surface area contributed by atoms with E-state index in [1.807, 2.05) is 26.0 Å². The van der Waals surface area contributed by atoms with E-state index in [-0.39, 0.29) is 18.0 Å². The van der Waals surface area contributed by atoms with Crippen molar-refractivity contribution in [2.24, 2.45) is 10.9 Å². The van der Waals surface area contributed by atoms with Crippen LogP contribution in [0.3, 0.4) is 0 Å². The number of benzene rings is 2. The van der Waals surface area contributed by atoms with Crippen molar-refractivity contribution in [1.29, 1.82) is 0 Å². The highest BCUT2D eigenvalue weighted by Gasteiger charge is 2.19. The molecule has 0 bridgehead atoms. The molecule has 2 aromatic carbocycles. The number of carbonyl (C=O) groups excluding carboxylic acids is 1. The lowest BCUT2D eigenvalue weighted by Gasteiger charge is -2.07. The summed E-state index contributed by atoms with van der Waals surface area (Å²) in [6, 6.07) is 13.9. The van der Waals surface area contributed by atoms with Gasteiger partial charge < -0.3 is 5.73 Å². The topological polar surface area (TPSA) is 98.8 Å². The van der Waals surface area contributed by atoms with Crippen LogP contribution in [0.1, 0.15) is 27.0 Å². The first kappa shape index (κ1) is 18.8. The molecule has 0 heterocycles. The van der Waals surface area contributed by atoms with Gasteiger partial charge in [0.25, 0.3) is 0 Å². The maximum absolute atomic E-state index is 12.8. The van der Waals surface area contributed by atoms with Crippen LogP contribution in [0.4, 0.5) is 0 Å². The molecule has 0 fully saturated rings. The minimum Gasteiger partial charge on any atom is -0.329 e. The second kappa shape index (κ2) is 8.04. The van der Waals surface area contributed by atoms with E-state index < -0.39 is 15.9 Å². The van der Waals surface area contributed by atoms with Crippen LogP contribution in [0.5, 0.6) is 0 Å². The smallest absolute Gasteiger partial charge is 0.329 e. The Morgan fingerprint density at radius 2 is 1.44 bits per heavy atom. The number of nitrogens with two attached hydrogens (primary N) is 1. The first-order valence-electron chi connectivity index (χ1n) is 7.70. The second-order valence-corrected chi connectivity index (χ2v) is 7.30. The highest BCUT2D eigenvalue weighted by Crippen LogP contribution is 2.12. The van der Waals surface area contributed by atoms with Gasteiger partial charge in [-0.2, -0.15) is 8.42 Å². The van der Waals surface area contributed by atoms with Crippen LogP contribution < -0.4 is 5.73 Å². The van der Waals surface area contributed by atoms with Gasteiger partial charge in [0, 0.05) is 17.7 Å². The number of Topliss-reactive ketones (excluding diaryl/α,β-unsaturated/α-hetero) is 1. The third-order valence-electron chi connectivity index (χ3n) is 3.46. The predicted octanol–water partition coefficient (Wildman–Crippen LogP) is 2.20. The van der Waals surface area contributed by atoms with Crippen molar-refractivity contribution in [1.82, 2.24) is 0 Å². The molecular formula is C18H20N2O4S. The molecule has 2 N–H and O–H groups in total. The van der Waals surface area contributed by atoms with E-state index in [9.17, 15) is 13.2 Å². The van der Waals surface area contributed by atoms with E-state index in [2.05, 4.69) is 9.44 Å². The molecule has 0 radical (unpaired) electrons. The lowest BCUT2D eigenvalue weighted by atomic mass is 9.99. The third-order valence-corrected chi connectivity index (χ3v) is 4.50. The Kier molecular flexibility index (Phi) is 6.06. The molecule has 2 aromatic rings. The highest BCUT2D eigenvalue weighted by molar-refractivity contribution is 7.86. The monoisotopic (exact) mass is 360 g/mol. The molecule has 0 saturated heterocycles. The van der Waals surface area contributed by atoms with Gasteiger partial charge in [-0.3, -0.25) is 9.08 Å². The quantitative estimate of drug-likeness (QED) is 0.464. The summed E-state index contributed by atoms with van der Waals surface area (Å²) in [6.07, 6.45) is 0. The Bertz CT molecular complexity index is 870. The lowest BCUT2D eigenvalue weighted by Crippen LogP contribution is -2.20. The van der Waals surface area contributed by atoms with Crippen LogP contribution in [0.15, 0.2) is 53.7 Å². The predicted molar refractivity (Wildman–Crippen MR) is 97.2 cm³/mol. The van der Waals surface area contributed by atoms with Gasteiger partial charge >= 0.3 is 10.1 Å². The van der Waals surface area contributed by atoms with Gasteiger partial charge in [-0.25, -0.2) is 0 Å². The third kappa shape index (κ3) is 5.23. The molecule has 2 rings (SSSR count). The van der Waals surface area contributed by atoms with Gasteiger partial charge in [0.1, 0.15) is 5.75 Å². The van der Waals surface area contributed by atoms with E-state index in [0.717, 1.165) is 11.1 Å². The van der Waals surface area contributed by atoms with Crippen molar-refractivity contribution < 1.29 is 17.5 Å². The van der Waals surface area contributed by atoms with E-state index >= 15 is 0 Å². The van der Waals surface area contributed by atoms with Crippen molar-refractivity contribution in [3.8, 4) is 0 Å². The Morgan fingerprint density at radius 3 is 1.92 bits per heavy atom. The number of hydrogen-bond donors (Lipinski definition) is 1. The van der Waals surface area contributed by atoms with Gasteiger partial charge in [-0.1, -0.05) is 64.8 Å². The maximum atomic E-state index is 12.8. The SMILES string of the molecule is Cc1ccc(C(=O)C(=NOS(=O)(=O)CCN)c2ccc(C)cc2)cc1. The Balaban J connectivity index is 2.43. The van der Waals surface area contributed by atoms with E-state index in [4.69, 9.17) is 5.73 Å². The first-order valence-corrected chi connectivity index (χ1v) is 9.28. The first-order chi connectivity index (χ1) is 11.8. The number of rotatable bonds is 7. The maximum Gasteiger partial charge on any atom is 0.329 e. The molecule has 0 spiro atoms. The summed E-state index contributed by atoms with van der Waals surface area (Å²) in [7, 11) is -3.93. The number of ketones is 1. The van der Waals surface area contributed by atoms with Gasteiger partial charge in [0.15, 0.2) is 5.71 Å². The normalized spacial score (nSPS) is 12.0. The minimum absolute atomic E-state index is 0.0792. The molecule has 0 aliphatic carbocycles. The van der Waals surface area contributed by atoms with Gasteiger partial charge in [0.05, 0.1) is 0 Å². The fraction of sp³-hybridized carbons (Fsp3) is 0.222. The molecule has 0 aliphatic heterocycles. The molecule has 0 amide bonds. The molecule has 25 heavy (non-hydrogen) atoms. The van der Waals surface area contributed by atoms with Crippen molar-refractivity contribution in [2.75, 3.05) is 12.3 Å². The Labute approximate surface area is 147 Å². The van der Waals surface area contributed by atoms with Crippen molar-refractivity contribution in [2.45, 2.75) is 13.8 Å². The molecule has 0 atom stereocenters. The average Bonchev–Trinajstić information content (AvgIpc) is 2.57. The highest BCUT2D eigenvalue weighted by atomic mass is 32.2. The van der Waals surface area contributed by atoms with Crippen molar-refractivity contribution in [3.05, 3.63) is 70.8 Å². The summed E-state index contributed by atoms with van der Waals surface area (Å²) in [5.41, 5.74) is 8.03. The van der Waals surface area contributed by atoms with Crippen LogP contribution in [-0.2, 0) is 14.4 Å². The molecule has 6 nitrogen and oxygen atoms in total. The fourth-order valence-electron chi connectivity index (χ4n) is 2.05. The molecule has 132 valence electrons. The van der Waals surface area contributed by atoms with Crippen molar-refractivity contribution in [3.63, 3.8) is 0 Å². The number of nitrogens with zero attached hydrogens (tertiary/aromatic N) is 1. The zero-order valence-electron chi connectivity index (χ0n) is 14.1. The Morgan fingerprint density at radius 1 is 0.960 bits per heavy atom. The van der Waals surface area contributed by atoms with Gasteiger partial charge in [0.2, 0.25) is 5.78 Å². The van der Waals surface area contributed by atoms with E-state index in [1.54, 1.807) is 36.4 Å². The van der Waals surface area contributed by atoms with Crippen molar-refractivity contribution >= 4 is 21.6 Å². The van der Waals surface area contributed by atoms with Crippen LogP contribution in [0.25, 0.3) is 0 Å². The lowest BCUT2D eigenvalue weighted by molar-refractivity contribution is 0.106. The van der Waals surface area contributed by atoms with Crippen LogP contribution >= 0.6 is 0 Å². The average molecular weight is 360 g/mol. The summed E-state index contributed by atoms with van der Waals surface area (Å²) in [5, 5.41) is 3.64. The molecule has 0 unspecified atom stereocenters. The zero-order chi connectivity index (χ0) is 18.4. The van der Waals surface area contributed by atoms with E-state index in [1.165, 1.54) is 0 Å². The number of oxime groups is 1. The molecule has 0 aliphatic rings.